The van der Waals surface area contributed by atoms with Crippen molar-refractivity contribution in [2.45, 2.75) is 39.2 Å². The van der Waals surface area contributed by atoms with Gasteiger partial charge in [0.05, 0.1) is 18.2 Å². The lowest BCUT2D eigenvalue weighted by Crippen LogP contribution is -2.41. The van der Waals surface area contributed by atoms with Crippen LogP contribution in [0.3, 0.4) is 0 Å². The van der Waals surface area contributed by atoms with Gasteiger partial charge < -0.3 is 15.1 Å². The number of halogens is 1. The van der Waals surface area contributed by atoms with Crippen LogP contribution in [0.1, 0.15) is 43.7 Å². The zero-order valence-electron chi connectivity index (χ0n) is 16.4. The van der Waals surface area contributed by atoms with Crippen LogP contribution in [-0.2, 0) is 6.54 Å². The summed E-state index contributed by atoms with van der Waals surface area (Å²) in [4.78, 5) is 9.91. The first-order chi connectivity index (χ1) is 12.8. The van der Waals surface area contributed by atoms with Crippen molar-refractivity contribution in [3.05, 3.63) is 35.4 Å². The number of rotatable bonds is 5. The van der Waals surface area contributed by atoms with Crippen molar-refractivity contribution in [1.29, 1.82) is 5.26 Å². The van der Waals surface area contributed by atoms with Crippen LogP contribution in [0.2, 0.25) is 0 Å². The molecule has 0 aromatic heterocycles. The monoisotopic (exact) mass is 481 g/mol. The molecule has 1 atom stereocenters. The topological polar surface area (TPSA) is 54.7 Å². The zero-order chi connectivity index (χ0) is 18.2. The fraction of sp³-hybridized carbons (Fsp3) is 0.619. The highest BCUT2D eigenvalue weighted by Gasteiger charge is 2.26. The van der Waals surface area contributed by atoms with Gasteiger partial charge in [-0.25, -0.2) is 4.99 Å². The second-order valence-corrected chi connectivity index (χ2v) is 7.44. The Morgan fingerprint density at radius 3 is 2.59 bits per heavy atom. The van der Waals surface area contributed by atoms with E-state index in [0.717, 1.165) is 37.1 Å². The molecule has 2 saturated heterocycles. The predicted molar refractivity (Wildman–Crippen MR) is 121 cm³/mol. The molecule has 0 radical (unpaired) electrons. The molecule has 0 bridgehead atoms. The van der Waals surface area contributed by atoms with Crippen molar-refractivity contribution in [3.63, 3.8) is 0 Å². The third-order valence-electron chi connectivity index (χ3n) is 5.38. The number of hydrogen-bond acceptors (Lipinski definition) is 3. The van der Waals surface area contributed by atoms with E-state index >= 15 is 0 Å². The van der Waals surface area contributed by atoms with E-state index in [1.165, 1.54) is 45.3 Å². The third-order valence-corrected chi connectivity index (χ3v) is 5.38. The largest absolute Gasteiger partial charge is 0.357 e. The number of nitrogens with zero attached hydrogens (tertiary/aromatic N) is 4. The summed E-state index contributed by atoms with van der Waals surface area (Å²) in [5, 5.41) is 12.4. The Bertz CT molecular complexity index is 631. The molecule has 148 valence electrons. The van der Waals surface area contributed by atoms with Gasteiger partial charge in [-0.3, -0.25) is 0 Å². The van der Waals surface area contributed by atoms with Crippen LogP contribution in [-0.4, -0.2) is 55.0 Å². The minimum Gasteiger partial charge on any atom is -0.357 e. The third kappa shape index (κ3) is 6.65. The van der Waals surface area contributed by atoms with Gasteiger partial charge in [0.15, 0.2) is 5.96 Å². The lowest BCUT2D eigenvalue weighted by atomic mass is 10.1. The molecule has 0 amide bonds. The number of piperidine rings is 1. The van der Waals surface area contributed by atoms with Crippen LogP contribution in [0.25, 0.3) is 0 Å². The molecule has 0 saturated carbocycles. The molecule has 27 heavy (non-hydrogen) atoms. The summed E-state index contributed by atoms with van der Waals surface area (Å²) in [7, 11) is 0. The highest BCUT2D eigenvalue weighted by atomic mass is 127. The number of guanidine groups is 1. The maximum Gasteiger partial charge on any atom is 0.194 e. The maximum atomic E-state index is 8.90. The standard InChI is InChI=1S/C21H31N5.HI/c1-2-23-21(24-15-19-8-6-18(14-22)7-9-19)26-13-10-20(17-26)16-25-11-4-3-5-12-25;/h6-9,20H,2-5,10-13,15-17H2,1H3,(H,23,24);1H. The van der Waals surface area contributed by atoms with Crippen molar-refractivity contribution < 1.29 is 0 Å². The number of benzene rings is 1. The predicted octanol–water partition coefficient (Wildman–Crippen LogP) is 3.45. The van der Waals surface area contributed by atoms with E-state index in [4.69, 9.17) is 10.3 Å². The maximum absolute atomic E-state index is 8.90. The SMILES string of the molecule is CCNC(=NCc1ccc(C#N)cc1)N1CCC(CN2CCCCC2)C1.I. The molecule has 0 spiro atoms. The van der Waals surface area contributed by atoms with E-state index < -0.39 is 0 Å². The Hall–Kier alpha value is -1.33. The van der Waals surface area contributed by atoms with E-state index in [2.05, 4.69) is 28.1 Å². The summed E-state index contributed by atoms with van der Waals surface area (Å²) < 4.78 is 0. The summed E-state index contributed by atoms with van der Waals surface area (Å²) in [6.45, 7) is 9.67. The van der Waals surface area contributed by atoms with Gasteiger partial charge in [-0.2, -0.15) is 5.26 Å². The molecule has 6 heteroatoms. The smallest absolute Gasteiger partial charge is 0.194 e. The normalized spacial score (nSPS) is 20.8. The highest BCUT2D eigenvalue weighted by molar-refractivity contribution is 14.0. The number of hydrogen-bond donors (Lipinski definition) is 1. The first-order valence-corrected chi connectivity index (χ1v) is 10.0. The molecule has 1 N–H and O–H groups in total. The van der Waals surface area contributed by atoms with Crippen LogP contribution in [0.5, 0.6) is 0 Å². The summed E-state index contributed by atoms with van der Waals surface area (Å²) in [6.07, 6.45) is 5.40. The van der Waals surface area contributed by atoms with Crippen LogP contribution in [0.4, 0.5) is 0 Å². The molecule has 2 aliphatic heterocycles. The molecule has 1 aromatic carbocycles. The van der Waals surface area contributed by atoms with Crippen molar-refractivity contribution in [2.75, 3.05) is 39.3 Å². The van der Waals surface area contributed by atoms with Crippen LogP contribution in [0.15, 0.2) is 29.3 Å². The Kier molecular flexibility index (Phi) is 9.35. The van der Waals surface area contributed by atoms with Crippen LogP contribution in [0, 0.1) is 17.2 Å². The fourth-order valence-electron chi connectivity index (χ4n) is 3.96. The Labute approximate surface area is 180 Å². The van der Waals surface area contributed by atoms with E-state index in [-0.39, 0.29) is 24.0 Å². The molecule has 3 rings (SSSR count). The van der Waals surface area contributed by atoms with Crippen molar-refractivity contribution in [3.8, 4) is 6.07 Å². The minimum absolute atomic E-state index is 0. The molecule has 5 nitrogen and oxygen atoms in total. The van der Waals surface area contributed by atoms with E-state index in [1.54, 1.807) is 0 Å². The molecule has 1 unspecified atom stereocenters. The summed E-state index contributed by atoms with van der Waals surface area (Å²) in [5.74, 6) is 1.78. The van der Waals surface area contributed by atoms with E-state index in [1.807, 2.05) is 24.3 Å². The molecule has 0 aliphatic carbocycles. The summed E-state index contributed by atoms with van der Waals surface area (Å²) in [6, 6.07) is 9.88. The van der Waals surface area contributed by atoms with Gasteiger partial charge in [-0.1, -0.05) is 18.6 Å². The second kappa shape index (κ2) is 11.5. The lowest BCUT2D eigenvalue weighted by molar-refractivity contribution is 0.198. The molecule has 2 aliphatic rings. The lowest BCUT2D eigenvalue weighted by Gasteiger charge is -2.29. The molecule has 1 aromatic rings. The van der Waals surface area contributed by atoms with Crippen LogP contribution < -0.4 is 5.32 Å². The first kappa shape index (κ1) is 22.0. The summed E-state index contributed by atoms with van der Waals surface area (Å²) in [5.41, 5.74) is 1.84. The Morgan fingerprint density at radius 1 is 1.19 bits per heavy atom. The van der Waals surface area contributed by atoms with Crippen molar-refractivity contribution in [2.24, 2.45) is 10.9 Å². The number of nitrogens with one attached hydrogen (secondary N) is 1. The number of aliphatic imine (C=N–C) groups is 1. The molecular weight excluding hydrogens is 449 g/mol. The van der Waals surface area contributed by atoms with Gasteiger partial charge in [-0.05, 0) is 62.9 Å². The van der Waals surface area contributed by atoms with E-state index in [0.29, 0.717) is 12.1 Å². The molecular formula is C21H32IN5. The average Bonchev–Trinajstić information content (AvgIpc) is 3.14. The van der Waals surface area contributed by atoms with Gasteiger partial charge in [0.2, 0.25) is 0 Å². The van der Waals surface area contributed by atoms with E-state index in [9.17, 15) is 0 Å². The quantitative estimate of drug-likeness (QED) is 0.398. The summed E-state index contributed by atoms with van der Waals surface area (Å²) >= 11 is 0. The first-order valence-electron chi connectivity index (χ1n) is 10.0. The average molecular weight is 481 g/mol. The number of likely N-dealkylation sites (tertiary alicyclic amines) is 2. The van der Waals surface area contributed by atoms with Crippen molar-refractivity contribution >= 4 is 29.9 Å². The van der Waals surface area contributed by atoms with Gasteiger partial charge in [0, 0.05) is 26.2 Å². The van der Waals surface area contributed by atoms with Gasteiger partial charge in [0.25, 0.3) is 0 Å². The Balaban J connectivity index is 0.00000261. The molecule has 2 fully saturated rings. The second-order valence-electron chi connectivity index (χ2n) is 7.44. The minimum atomic E-state index is 0. The molecule has 2 heterocycles. The number of nitriles is 1. The fourth-order valence-corrected chi connectivity index (χ4v) is 3.96. The van der Waals surface area contributed by atoms with Gasteiger partial charge in [0.1, 0.15) is 0 Å². The van der Waals surface area contributed by atoms with Gasteiger partial charge in [-0.15, -0.1) is 24.0 Å². The Morgan fingerprint density at radius 2 is 1.93 bits per heavy atom. The van der Waals surface area contributed by atoms with Gasteiger partial charge >= 0.3 is 0 Å². The van der Waals surface area contributed by atoms with Crippen LogP contribution >= 0.6 is 24.0 Å². The van der Waals surface area contributed by atoms with Crippen molar-refractivity contribution in [1.82, 2.24) is 15.1 Å². The zero-order valence-corrected chi connectivity index (χ0v) is 18.7. The highest BCUT2D eigenvalue weighted by Crippen LogP contribution is 2.20.